The molecule has 3 aromatic rings. The summed E-state index contributed by atoms with van der Waals surface area (Å²) in [5.74, 6) is 0.352. The molecule has 0 aromatic heterocycles. The molecule has 0 radical (unpaired) electrons. The molecule has 0 spiro atoms. The van der Waals surface area contributed by atoms with Crippen LogP contribution in [0.5, 0.6) is 5.75 Å². The molecule has 1 heterocycles. The van der Waals surface area contributed by atoms with Crippen LogP contribution < -0.4 is 9.64 Å². The summed E-state index contributed by atoms with van der Waals surface area (Å²) in [6.07, 6.45) is 1.77. The summed E-state index contributed by atoms with van der Waals surface area (Å²) in [6, 6.07) is 22.2. The Kier molecular flexibility index (Phi) is 6.28. The summed E-state index contributed by atoms with van der Waals surface area (Å²) < 4.78 is 5.82. The average Bonchev–Trinajstić information content (AvgIpc) is 2.98. The molecule has 31 heavy (non-hydrogen) atoms. The van der Waals surface area contributed by atoms with Gasteiger partial charge in [0.25, 0.3) is 5.91 Å². The number of hydrogen-bond donors (Lipinski definition) is 0. The molecule has 1 saturated heterocycles. The van der Waals surface area contributed by atoms with Gasteiger partial charge in [-0.3, -0.25) is 9.69 Å². The smallest absolute Gasteiger partial charge is 0.281 e. The quantitative estimate of drug-likeness (QED) is 0.330. The molecule has 0 bridgehead atoms. The maximum atomic E-state index is 13.0. The van der Waals surface area contributed by atoms with Crippen molar-refractivity contribution in [3.63, 3.8) is 0 Å². The van der Waals surface area contributed by atoms with E-state index in [1.54, 1.807) is 30.2 Å². The van der Waals surface area contributed by atoms with Crippen molar-refractivity contribution in [2.24, 2.45) is 0 Å². The van der Waals surface area contributed by atoms with E-state index in [1.807, 2.05) is 60.7 Å². The minimum absolute atomic E-state index is 0.186. The van der Waals surface area contributed by atoms with Crippen LogP contribution in [0.1, 0.15) is 11.1 Å². The molecule has 0 N–H and O–H groups in total. The van der Waals surface area contributed by atoms with E-state index < -0.39 is 0 Å². The third-order valence-electron chi connectivity index (χ3n) is 4.88. The van der Waals surface area contributed by atoms with Crippen LogP contribution in [0.2, 0.25) is 10.0 Å². The lowest BCUT2D eigenvalue weighted by Gasteiger charge is -2.16. The number of carbonyl (C=O) groups is 1. The van der Waals surface area contributed by atoms with Gasteiger partial charge in [0.05, 0.1) is 10.7 Å². The second kappa shape index (κ2) is 9.10. The lowest BCUT2D eigenvalue weighted by Crippen LogP contribution is -2.30. The van der Waals surface area contributed by atoms with Gasteiger partial charge < -0.3 is 9.64 Å². The lowest BCUT2D eigenvalue weighted by molar-refractivity contribution is -0.114. The second-order valence-electron chi connectivity index (χ2n) is 6.92. The van der Waals surface area contributed by atoms with Crippen LogP contribution in [-0.2, 0) is 11.4 Å². The van der Waals surface area contributed by atoms with Crippen molar-refractivity contribution in [3.8, 4) is 5.75 Å². The molecule has 7 heteroatoms. The number of amides is 1. The summed E-state index contributed by atoms with van der Waals surface area (Å²) in [5, 5.41) is 1.51. The predicted octanol–water partition coefficient (Wildman–Crippen LogP) is 6.18. The third kappa shape index (κ3) is 4.44. The van der Waals surface area contributed by atoms with Crippen LogP contribution in [0.4, 0.5) is 5.69 Å². The molecule has 156 valence electrons. The topological polar surface area (TPSA) is 32.8 Å². The third-order valence-corrected chi connectivity index (χ3v) is 6.00. The Morgan fingerprint density at radius 2 is 1.68 bits per heavy atom. The number of hydrogen-bond acceptors (Lipinski definition) is 3. The first-order valence-electron chi connectivity index (χ1n) is 9.50. The maximum absolute atomic E-state index is 13.0. The van der Waals surface area contributed by atoms with Crippen LogP contribution in [0.3, 0.4) is 0 Å². The fourth-order valence-electron chi connectivity index (χ4n) is 3.21. The zero-order chi connectivity index (χ0) is 22.0. The Morgan fingerprint density at radius 1 is 0.968 bits per heavy atom. The molecule has 4 rings (SSSR count). The van der Waals surface area contributed by atoms with Gasteiger partial charge in [0.2, 0.25) is 0 Å². The normalized spacial score (nSPS) is 15.1. The van der Waals surface area contributed by atoms with E-state index in [0.29, 0.717) is 33.2 Å². The van der Waals surface area contributed by atoms with Crippen LogP contribution >= 0.6 is 35.4 Å². The van der Waals surface area contributed by atoms with Crippen molar-refractivity contribution in [2.75, 3.05) is 11.9 Å². The number of thiocarbonyl (C=S) groups is 1. The molecule has 3 aromatic carbocycles. The number of benzene rings is 3. The van der Waals surface area contributed by atoms with Gasteiger partial charge in [-0.2, -0.15) is 0 Å². The first kappa shape index (κ1) is 21.4. The molecule has 1 fully saturated rings. The van der Waals surface area contributed by atoms with E-state index in [4.69, 9.17) is 40.2 Å². The minimum atomic E-state index is -0.186. The molecule has 0 saturated carbocycles. The molecular formula is C24H18Cl2N2O2S. The first-order valence-corrected chi connectivity index (χ1v) is 10.7. The largest absolute Gasteiger partial charge is 0.487 e. The van der Waals surface area contributed by atoms with Crippen molar-refractivity contribution in [1.29, 1.82) is 0 Å². The van der Waals surface area contributed by atoms with Gasteiger partial charge >= 0.3 is 0 Å². The number of para-hydroxylation sites is 1. The van der Waals surface area contributed by atoms with Crippen LogP contribution in [-0.4, -0.2) is 23.0 Å². The molecule has 0 unspecified atom stereocenters. The van der Waals surface area contributed by atoms with Crippen LogP contribution in [0.25, 0.3) is 6.08 Å². The summed E-state index contributed by atoms with van der Waals surface area (Å²) >= 11 is 18.1. The highest BCUT2D eigenvalue weighted by atomic mass is 35.5. The number of carbonyl (C=O) groups excluding carboxylic acids is 1. The van der Waals surface area contributed by atoms with E-state index >= 15 is 0 Å². The molecule has 0 atom stereocenters. The van der Waals surface area contributed by atoms with Crippen molar-refractivity contribution in [2.45, 2.75) is 6.61 Å². The van der Waals surface area contributed by atoms with E-state index in [9.17, 15) is 4.79 Å². The summed E-state index contributed by atoms with van der Waals surface area (Å²) in [5.41, 5.74) is 2.84. The predicted molar refractivity (Wildman–Crippen MR) is 130 cm³/mol. The van der Waals surface area contributed by atoms with Crippen LogP contribution in [0, 0.1) is 0 Å². The van der Waals surface area contributed by atoms with Gasteiger partial charge in [-0.1, -0.05) is 65.7 Å². The number of nitrogens with zero attached hydrogens (tertiary/aromatic N) is 2. The highest BCUT2D eigenvalue weighted by molar-refractivity contribution is 7.80. The van der Waals surface area contributed by atoms with E-state index in [-0.39, 0.29) is 5.91 Å². The van der Waals surface area contributed by atoms with Gasteiger partial charge in [0, 0.05) is 17.6 Å². The zero-order valence-electron chi connectivity index (χ0n) is 16.6. The SMILES string of the molecule is CN1C(=S)N(c2ccccc2)C(=O)/C1=C/c1ccc(OCc2ccccc2Cl)c(Cl)c1. The van der Waals surface area contributed by atoms with Crippen molar-refractivity contribution < 1.29 is 9.53 Å². The molecule has 1 aliphatic heterocycles. The van der Waals surface area contributed by atoms with Gasteiger partial charge in [0.15, 0.2) is 5.11 Å². The Morgan fingerprint density at radius 3 is 2.39 bits per heavy atom. The van der Waals surface area contributed by atoms with Crippen molar-refractivity contribution in [1.82, 2.24) is 4.90 Å². The average molecular weight is 469 g/mol. The van der Waals surface area contributed by atoms with E-state index in [2.05, 4.69) is 0 Å². The van der Waals surface area contributed by atoms with Crippen molar-refractivity contribution in [3.05, 3.63) is 99.7 Å². The Hall–Kier alpha value is -2.86. The Labute approximate surface area is 196 Å². The Bertz CT molecular complexity index is 1180. The minimum Gasteiger partial charge on any atom is -0.487 e. The summed E-state index contributed by atoms with van der Waals surface area (Å²) in [7, 11) is 1.78. The van der Waals surface area contributed by atoms with Crippen LogP contribution in [0.15, 0.2) is 78.5 Å². The van der Waals surface area contributed by atoms with Gasteiger partial charge in [-0.05, 0) is 54.2 Å². The highest BCUT2D eigenvalue weighted by Crippen LogP contribution is 2.31. The summed E-state index contributed by atoms with van der Waals surface area (Å²) in [6.45, 7) is 0.307. The molecule has 1 aliphatic rings. The monoisotopic (exact) mass is 468 g/mol. The number of likely N-dealkylation sites (N-methyl/N-ethyl adjacent to an activating group) is 1. The Balaban J connectivity index is 1.55. The van der Waals surface area contributed by atoms with Gasteiger partial charge in [0.1, 0.15) is 18.1 Å². The first-order chi connectivity index (χ1) is 15.0. The maximum Gasteiger partial charge on any atom is 0.281 e. The van der Waals surface area contributed by atoms with Crippen molar-refractivity contribution >= 4 is 58.2 Å². The fourth-order valence-corrected chi connectivity index (χ4v) is 3.93. The number of rotatable bonds is 5. The van der Waals surface area contributed by atoms with Gasteiger partial charge in [-0.25, -0.2) is 0 Å². The fraction of sp³-hybridized carbons (Fsp3) is 0.0833. The van der Waals surface area contributed by atoms with E-state index in [0.717, 1.165) is 16.8 Å². The summed E-state index contributed by atoms with van der Waals surface area (Å²) in [4.78, 5) is 16.2. The van der Waals surface area contributed by atoms with E-state index in [1.165, 1.54) is 4.90 Å². The standard InChI is InChI=1S/C24H18Cl2N2O2S/c1-27-21(23(29)28(24(27)31)18-8-3-2-4-9-18)14-16-11-12-22(20(26)13-16)30-15-17-7-5-6-10-19(17)25/h2-14H,15H2,1H3/b21-14-. The molecule has 4 nitrogen and oxygen atoms in total. The molecule has 1 amide bonds. The zero-order valence-corrected chi connectivity index (χ0v) is 18.9. The molecule has 0 aliphatic carbocycles. The lowest BCUT2D eigenvalue weighted by atomic mass is 10.1. The number of anilines is 1. The second-order valence-corrected chi connectivity index (χ2v) is 8.10. The number of ether oxygens (including phenoxy) is 1. The highest BCUT2D eigenvalue weighted by Gasteiger charge is 2.36. The van der Waals surface area contributed by atoms with Gasteiger partial charge in [-0.15, -0.1) is 0 Å². The number of halogens is 2. The molecular weight excluding hydrogens is 451 g/mol.